The summed E-state index contributed by atoms with van der Waals surface area (Å²) < 4.78 is 41.3. The predicted octanol–water partition coefficient (Wildman–Crippen LogP) is 4.42. The Bertz CT molecular complexity index is 1030. The second kappa shape index (κ2) is 6.20. The number of aryl methyl sites for hydroxylation is 1. The second-order valence-electron chi connectivity index (χ2n) is 6.63. The molecule has 3 aromatic rings. The van der Waals surface area contributed by atoms with Crippen LogP contribution in [0.15, 0.2) is 30.3 Å². The smallest absolute Gasteiger partial charge is 0.231 e. The molecule has 0 saturated carbocycles. The van der Waals surface area contributed by atoms with Crippen molar-refractivity contribution in [2.45, 2.75) is 26.2 Å². The largest absolute Gasteiger partial charge is 0.358 e. The molecule has 0 bridgehead atoms. The summed E-state index contributed by atoms with van der Waals surface area (Å²) in [5.41, 5.74) is 2.90. The molecule has 1 N–H and O–H groups in total. The molecule has 0 aliphatic carbocycles. The molecular weight excluding hydrogens is 341 g/mol. The molecule has 0 spiro atoms. The van der Waals surface area contributed by atoms with Crippen molar-refractivity contribution in [3.05, 3.63) is 64.6 Å². The maximum atomic E-state index is 14.0. The van der Waals surface area contributed by atoms with Gasteiger partial charge >= 0.3 is 0 Å². The lowest BCUT2D eigenvalue weighted by molar-refractivity contribution is -0.118. The fraction of sp³-hybridized carbons (Fsp3) is 0.250. The van der Waals surface area contributed by atoms with Crippen LogP contribution in [-0.2, 0) is 17.6 Å². The van der Waals surface area contributed by atoms with Crippen LogP contribution >= 0.6 is 0 Å². The van der Waals surface area contributed by atoms with E-state index in [2.05, 4.69) is 4.98 Å². The van der Waals surface area contributed by atoms with Gasteiger partial charge in [-0.3, -0.25) is 4.79 Å². The molecule has 134 valence electrons. The lowest BCUT2D eigenvalue weighted by Gasteiger charge is -2.30. The average Bonchev–Trinajstić information content (AvgIpc) is 2.89. The van der Waals surface area contributed by atoms with Gasteiger partial charge in [0, 0.05) is 34.8 Å². The highest BCUT2D eigenvalue weighted by atomic mass is 19.1. The van der Waals surface area contributed by atoms with Crippen molar-refractivity contribution >= 4 is 22.5 Å². The van der Waals surface area contributed by atoms with E-state index in [1.165, 1.54) is 23.1 Å². The van der Waals surface area contributed by atoms with Gasteiger partial charge in [-0.2, -0.15) is 0 Å². The highest BCUT2D eigenvalue weighted by Crippen LogP contribution is 2.32. The van der Waals surface area contributed by atoms with Crippen LogP contribution in [0.25, 0.3) is 10.9 Å². The predicted molar refractivity (Wildman–Crippen MR) is 93.7 cm³/mol. The fourth-order valence-electron chi connectivity index (χ4n) is 3.70. The number of amides is 1. The first-order valence-electron chi connectivity index (χ1n) is 8.49. The van der Waals surface area contributed by atoms with Gasteiger partial charge in [0.25, 0.3) is 0 Å². The molecule has 3 nitrogen and oxygen atoms in total. The fourth-order valence-corrected chi connectivity index (χ4v) is 3.70. The van der Waals surface area contributed by atoms with Gasteiger partial charge in [-0.25, -0.2) is 13.2 Å². The SMILES string of the molecule is Cc1[nH]c2ccc(F)cc2c1CC(=O)N1CCCc2c(F)cc(F)cc21. The Morgan fingerprint density at radius 2 is 1.96 bits per heavy atom. The number of carbonyl (C=O) groups excluding carboxylic acids is 1. The van der Waals surface area contributed by atoms with Gasteiger partial charge in [0.1, 0.15) is 17.5 Å². The molecule has 1 aliphatic rings. The first kappa shape index (κ1) is 16.7. The molecule has 0 saturated heterocycles. The van der Waals surface area contributed by atoms with Gasteiger partial charge in [0.2, 0.25) is 5.91 Å². The molecule has 0 atom stereocenters. The van der Waals surface area contributed by atoms with Crippen LogP contribution in [0.2, 0.25) is 0 Å². The van der Waals surface area contributed by atoms with Crippen molar-refractivity contribution in [3.63, 3.8) is 0 Å². The minimum Gasteiger partial charge on any atom is -0.358 e. The van der Waals surface area contributed by atoms with E-state index in [-0.39, 0.29) is 18.1 Å². The Morgan fingerprint density at radius 3 is 2.77 bits per heavy atom. The molecule has 2 heterocycles. The van der Waals surface area contributed by atoms with Gasteiger partial charge in [0.15, 0.2) is 0 Å². The summed E-state index contributed by atoms with van der Waals surface area (Å²) in [6.45, 7) is 2.23. The van der Waals surface area contributed by atoms with Crippen LogP contribution in [0.1, 0.15) is 23.2 Å². The van der Waals surface area contributed by atoms with E-state index in [4.69, 9.17) is 0 Å². The number of anilines is 1. The van der Waals surface area contributed by atoms with E-state index < -0.39 is 11.6 Å². The van der Waals surface area contributed by atoms with Crippen LogP contribution in [0, 0.1) is 24.4 Å². The van der Waals surface area contributed by atoms with Gasteiger partial charge in [-0.1, -0.05) is 0 Å². The maximum absolute atomic E-state index is 14.0. The number of hydrogen-bond donors (Lipinski definition) is 1. The standard InChI is InChI=1S/C20H17F3N2O/c1-11-15(16-7-12(21)4-5-18(16)24-11)10-20(26)25-6-2-3-14-17(23)8-13(22)9-19(14)25/h4-5,7-9,24H,2-3,6,10H2,1H3. The number of hydrogen-bond acceptors (Lipinski definition) is 1. The topological polar surface area (TPSA) is 36.1 Å². The van der Waals surface area contributed by atoms with Gasteiger partial charge in [-0.05, 0) is 49.6 Å². The molecule has 4 rings (SSSR count). The zero-order chi connectivity index (χ0) is 18.4. The Hall–Kier alpha value is -2.76. The van der Waals surface area contributed by atoms with Gasteiger partial charge < -0.3 is 9.88 Å². The summed E-state index contributed by atoms with van der Waals surface area (Å²) in [4.78, 5) is 17.5. The van der Waals surface area contributed by atoms with Crippen molar-refractivity contribution in [3.8, 4) is 0 Å². The summed E-state index contributed by atoms with van der Waals surface area (Å²) >= 11 is 0. The third kappa shape index (κ3) is 2.75. The van der Waals surface area contributed by atoms with Crippen molar-refractivity contribution < 1.29 is 18.0 Å². The lowest BCUT2D eigenvalue weighted by Crippen LogP contribution is -2.37. The molecule has 1 aromatic heterocycles. The zero-order valence-electron chi connectivity index (χ0n) is 14.2. The first-order chi connectivity index (χ1) is 12.4. The molecule has 26 heavy (non-hydrogen) atoms. The van der Waals surface area contributed by atoms with E-state index in [0.29, 0.717) is 41.6 Å². The quantitative estimate of drug-likeness (QED) is 0.723. The maximum Gasteiger partial charge on any atom is 0.231 e. The number of aromatic amines is 1. The van der Waals surface area contributed by atoms with Crippen molar-refractivity contribution in [2.75, 3.05) is 11.4 Å². The molecule has 1 amide bonds. The summed E-state index contributed by atoms with van der Waals surface area (Å²) in [7, 11) is 0. The van der Waals surface area contributed by atoms with E-state index in [1.807, 2.05) is 6.92 Å². The highest BCUT2D eigenvalue weighted by molar-refractivity contribution is 5.99. The number of benzene rings is 2. The van der Waals surface area contributed by atoms with Crippen molar-refractivity contribution in [1.82, 2.24) is 4.98 Å². The number of H-pyrrole nitrogens is 1. The average molecular weight is 358 g/mol. The highest BCUT2D eigenvalue weighted by Gasteiger charge is 2.26. The number of halogens is 3. The van der Waals surface area contributed by atoms with Crippen LogP contribution in [0.3, 0.4) is 0 Å². The van der Waals surface area contributed by atoms with Crippen LogP contribution in [0.5, 0.6) is 0 Å². The summed E-state index contributed by atoms with van der Waals surface area (Å²) in [6.07, 6.45) is 1.12. The molecule has 1 aliphatic heterocycles. The Labute approximate surface area is 148 Å². The normalized spacial score (nSPS) is 13.9. The first-order valence-corrected chi connectivity index (χ1v) is 8.49. The Morgan fingerprint density at radius 1 is 1.15 bits per heavy atom. The zero-order valence-corrected chi connectivity index (χ0v) is 14.2. The number of aromatic nitrogens is 1. The van der Waals surface area contributed by atoms with Gasteiger partial charge in [0.05, 0.1) is 12.1 Å². The third-order valence-electron chi connectivity index (χ3n) is 4.95. The molecule has 6 heteroatoms. The Kier molecular flexibility index (Phi) is 3.98. The van der Waals surface area contributed by atoms with Crippen molar-refractivity contribution in [1.29, 1.82) is 0 Å². The lowest BCUT2D eigenvalue weighted by atomic mass is 9.99. The van der Waals surface area contributed by atoms with Crippen LogP contribution in [0.4, 0.5) is 18.9 Å². The minimum absolute atomic E-state index is 0.0346. The summed E-state index contributed by atoms with van der Waals surface area (Å²) in [5, 5.41) is 0.651. The van der Waals surface area contributed by atoms with Crippen LogP contribution in [-0.4, -0.2) is 17.4 Å². The number of nitrogens with zero attached hydrogens (tertiary/aromatic N) is 1. The molecular formula is C20H17F3N2O. The number of fused-ring (bicyclic) bond motifs is 2. The second-order valence-corrected chi connectivity index (χ2v) is 6.63. The Balaban J connectivity index is 1.71. The monoisotopic (exact) mass is 358 g/mol. The molecule has 0 radical (unpaired) electrons. The number of rotatable bonds is 2. The van der Waals surface area contributed by atoms with Crippen LogP contribution < -0.4 is 4.90 Å². The molecule has 0 unspecified atom stereocenters. The number of carbonyl (C=O) groups is 1. The van der Waals surface area contributed by atoms with E-state index in [1.54, 1.807) is 6.07 Å². The summed E-state index contributed by atoms with van der Waals surface area (Å²) in [5.74, 6) is -1.96. The summed E-state index contributed by atoms with van der Waals surface area (Å²) in [6, 6.07) is 6.43. The van der Waals surface area contributed by atoms with E-state index >= 15 is 0 Å². The minimum atomic E-state index is -0.703. The van der Waals surface area contributed by atoms with E-state index in [9.17, 15) is 18.0 Å². The van der Waals surface area contributed by atoms with E-state index in [0.717, 1.165) is 17.3 Å². The molecule has 2 aromatic carbocycles. The molecule has 0 fully saturated rings. The third-order valence-corrected chi connectivity index (χ3v) is 4.95. The van der Waals surface area contributed by atoms with Crippen molar-refractivity contribution in [2.24, 2.45) is 0 Å². The van der Waals surface area contributed by atoms with Gasteiger partial charge in [-0.15, -0.1) is 0 Å². The number of nitrogens with one attached hydrogen (secondary N) is 1.